The van der Waals surface area contributed by atoms with Crippen LogP contribution in [0.4, 0.5) is 4.79 Å². The quantitative estimate of drug-likeness (QED) is 0.284. The van der Waals surface area contributed by atoms with Gasteiger partial charge in [0.15, 0.2) is 0 Å². The van der Waals surface area contributed by atoms with Gasteiger partial charge in [-0.2, -0.15) is 0 Å². The number of carbonyl (C=O) groups is 5. The van der Waals surface area contributed by atoms with Crippen LogP contribution in [0.2, 0.25) is 0 Å². The number of nitrogens with one attached hydrogen (secondary N) is 1. The second-order valence-corrected chi connectivity index (χ2v) is 9.53. The van der Waals surface area contributed by atoms with Crippen molar-refractivity contribution < 1.29 is 33.4 Å². The van der Waals surface area contributed by atoms with Gasteiger partial charge >= 0.3 is 12.1 Å². The number of nitrogens with zero attached hydrogens (tertiary/aromatic N) is 1. The highest BCUT2D eigenvalue weighted by Crippen LogP contribution is 2.36. The Labute approximate surface area is 197 Å². The zero-order chi connectivity index (χ0) is 23.8. The summed E-state index contributed by atoms with van der Waals surface area (Å²) in [6, 6.07) is 0. The highest BCUT2D eigenvalue weighted by atomic mass is 79.9. The molecular weight excluding hydrogens is 484 g/mol. The normalized spacial score (nSPS) is 25.4. The van der Waals surface area contributed by atoms with Crippen molar-refractivity contribution in [3.63, 3.8) is 0 Å². The van der Waals surface area contributed by atoms with E-state index >= 15 is 0 Å². The molecule has 180 valence electrons. The number of esters is 1. The largest absolute Gasteiger partial charge is 0.465 e. The van der Waals surface area contributed by atoms with Crippen LogP contribution in [-0.2, 0) is 28.7 Å². The minimum atomic E-state index is -0.717. The van der Waals surface area contributed by atoms with Gasteiger partial charge in [-0.15, -0.1) is 0 Å². The Morgan fingerprint density at radius 2 is 1.81 bits per heavy atom. The lowest BCUT2D eigenvalue weighted by Gasteiger charge is -2.37. The summed E-state index contributed by atoms with van der Waals surface area (Å²) in [5.74, 6) is -2.16. The molecule has 1 aliphatic heterocycles. The van der Waals surface area contributed by atoms with Crippen molar-refractivity contribution in [2.24, 2.45) is 23.7 Å². The van der Waals surface area contributed by atoms with E-state index in [4.69, 9.17) is 9.47 Å². The third-order valence-corrected chi connectivity index (χ3v) is 6.42. The average molecular weight is 517 g/mol. The van der Waals surface area contributed by atoms with Crippen LogP contribution in [0.1, 0.15) is 52.9 Å². The number of ether oxygens (including phenoxy) is 2. The molecule has 3 amide bonds. The van der Waals surface area contributed by atoms with Gasteiger partial charge in [-0.3, -0.25) is 24.1 Å². The second kappa shape index (κ2) is 12.3. The number of hydrogen-bond acceptors (Lipinski definition) is 7. The van der Waals surface area contributed by atoms with Gasteiger partial charge in [0.2, 0.25) is 11.8 Å². The monoisotopic (exact) mass is 516 g/mol. The molecule has 2 unspecified atom stereocenters. The standard InChI is InChI=1S/C22H33BrN2O7/c1-4-31-20(28)12-25-18(26)10-15(11-19(25)27)9-17(32-22(30)24-6-5-23)16-8-13(2)7-14(3)21(16)29/h13-17H,4-12H2,1-3H3,(H,24,30)/t13-,14-,16?,17?/m0/s1. The summed E-state index contributed by atoms with van der Waals surface area (Å²) >= 11 is 3.23. The van der Waals surface area contributed by atoms with Crippen LogP contribution >= 0.6 is 15.9 Å². The molecule has 0 radical (unpaired) electrons. The van der Waals surface area contributed by atoms with Crippen LogP contribution in [0, 0.1) is 23.7 Å². The third-order valence-electron chi connectivity index (χ3n) is 6.02. The molecule has 0 spiro atoms. The highest BCUT2D eigenvalue weighted by molar-refractivity contribution is 9.09. The molecule has 2 rings (SSSR count). The molecule has 0 aromatic heterocycles. The predicted molar refractivity (Wildman–Crippen MR) is 119 cm³/mol. The molecule has 0 bridgehead atoms. The minimum Gasteiger partial charge on any atom is -0.465 e. The molecule has 1 heterocycles. The number of amides is 3. The van der Waals surface area contributed by atoms with Crippen LogP contribution < -0.4 is 5.32 Å². The predicted octanol–water partition coefficient (Wildman–Crippen LogP) is 2.45. The molecule has 1 saturated heterocycles. The van der Waals surface area contributed by atoms with Crippen LogP contribution in [0.15, 0.2) is 0 Å². The molecule has 0 aromatic carbocycles. The van der Waals surface area contributed by atoms with Crippen molar-refractivity contribution in [1.82, 2.24) is 10.2 Å². The van der Waals surface area contributed by atoms with Crippen molar-refractivity contribution in [3.8, 4) is 0 Å². The van der Waals surface area contributed by atoms with Crippen LogP contribution in [0.3, 0.4) is 0 Å². The fraction of sp³-hybridized carbons (Fsp3) is 0.773. The maximum Gasteiger partial charge on any atom is 0.407 e. The van der Waals surface area contributed by atoms with Gasteiger partial charge < -0.3 is 14.8 Å². The zero-order valence-electron chi connectivity index (χ0n) is 18.9. The number of halogens is 1. The molecule has 1 N–H and O–H groups in total. The van der Waals surface area contributed by atoms with E-state index < -0.39 is 42.4 Å². The first-order valence-corrected chi connectivity index (χ1v) is 12.3. The molecule has 2 fully saturated rings. The molecule has 4 atom stereocenters. The molecule has 1 saturated carbocycles. The molecule has 1 aliphatic carbocycles. The van der Waals surface area contributed by atoms with Gasteiger partial charge in [-0.25, -0.2) is 4.79 Å². The van der Waals surface area contributed by atoms with E-state index in [0.29, 0.717) is 24.2 Å². The number of imide groups is 1. The van der Waals surface area contributed by atoms with E-state index in [0.717, 1.165) is 11.3 Å². The molecule has 2 aliphatic rings. The van der Waals surface area contributed by atoms with Crippen LogP contribution in [0.25, 0.3) is 0 Å². The maximum atomic E-state index is 12.9. The zero-order valence-corrected chi connectivity index (χ0v) is 20.5. The Bertz CT molecular complexity index is 711. The highest BCUT2D eigenvalue weighted by Gasteiger charge is 2.42. The Morgan fingerprint density at radius 1 is 1.16 bits per heavy atom. The first-order chi connectivity index (χ1) is 15.2. The van der Waals surface area contributed by atoms with E-state index in [1.165, 1.54) is 0 Å². The molecule has 0 aromatic rings. The van der Waals surface area contributed by atoms with Gasteiger partial charge in [0.1, 0.15) is 18.4 Å². The number of likely N-dealkylation sites (tertiary alicyclic amines) is 1. The SMILES string of the molecule is CCOC(=O)CN1C(=O)CC(CC(OC(=O)NCCBr)C2C[C@@H](C)C[C@H](C)C2=O)CC1=O. The van der Waals surface area contributed by atoms with E-state index in [1.807, 2.05) is 6.92 Å². The summed E-state index contributed by atoms with van der Waals surface area (Å²) in [6.07, 6.45) is 0.378. The first-order valence-electron chi connectivity index (χ1n) is 11.2. The number of ketones is 1. The van der Waals surface area contributed by atoms with Gasteiger partial charge in [-0.05, 0) is 38.0 Å². The number of Topliss-reactive ketones (excluding diaryl/α,β-unsaturated/α-hetero) is 1. The summed E-state index contributed by atoms with van der Waals surface area (Å²) in [6.45, 7) is 5.74. The maximum absolute atomic E-state index is 12.9. The summed E-state index contributed by atoms with van der Waals surface area (Å²) in [5.41, 5.74) is 0. The number of hydrogen-bond donors (Lipinski definition) is 1. The van der Waals surface area contributed by atoms with Gasteiger partial charge in [0, 0.05) is 30.6 Å². The molecular formula is C22H33BrN2O7. The smallest absolute Gasteiger partial charge is 0.407 e. The van der Waals surface area contributed by atoms with E-state index in [1.54, 1.807) is 6.92 Å². The van der Waals surface area contributed by atoms with Crippen molar-refractivity contribution >= 4 is 45.6 Å². The lowest BCUT2D eigenvalue weighted by Crippen LogP contribution is -2.48. The van der Waals surface area contributed by atoms with Crippen molar-refractivity contribution in [1.29, 1.82) is 0 Å². The minimum absolute atomic E-state index is 0.0417. The van der Waals surface area contributed by atoms with Gasteiger partial charge in [0.25, 0.3) is 0 Å². The number of alkyl carbamates (subject to hydrolysis) is 1. The van der Waals surface area contributed by atoms with E-state index in [2.05, 4.69) is 28.2 Å². The number of piperidine rings is 1. The van der Waals surface area contributed by atoms with Gasteiger partial charge in [0.05, 0.1) is 12.5 Å². The summed E-state index contributed by atoms with van der Waals surface area (Å²) in [7, 11) is 0. The molecule has 9 nitrogen and oxygen atoms in total. The Hall–Kier alpha value is -1.97. The Balaban J connectivity index is 2.11. The second-order valence-electron chi connectivity index (χ2n) is 8.73. The topological polar surface area (TPSA) is 119 Å². The number of alkyl halides is 1. The summed E-state index contributed by atoms with van der Waals surface area (Å²) < 4.78 is 10.5. The van der Waals surface area contributed by atoms with E-state index in [9.17, 15) is 24.0 Å². The van der Waals surface area contributed by atoms with Gasteiger partial charge in [-0.1, -0.05) is 29.8 Å². The Kier molecular flexibility index (Phi) is 10.1. The van der Waals surface area contributed by atoms with Crippen molar-refractivity contribution in [2.45, 2.75) is 59.0 Å². The Morgan fingerprint density at radius 3 is 2.41 bits per heavy atom. The van der Waals surface area contributed by atoms with Crippen molar-refractivity contribution in [3.05, 3.63) is 0 Å². The van der Waals surface area contributed by atoms with E-state index in [-0.39, 0.29) is 43.5 Å². The lowest BCUT2D eigenvalue weighted by atomic mass is 9.71. The fourth-order valence-corrected chi connectivity index (χ4v) is 4.82. The fourth-order valence-electron chi connectivity index (χ4n) is 4.62. The lowest BCUT2D eigenvalue weighted by molar-refractivity contribution is -0.159. The van der Waals surface area contributed by atoms with Crippen LogP contribution in [0.5, 0.6) is 0 Å². The van der Waals surface area contributed by atoms with Crippen LogP contribution in [-0.4, -0.2) is 65.7 Å². The number of rotatable bonds is 9. The average Bonchev–Trinajstić information content (AvgIpc) is 2.71. The van der Waals surface area contributed by atoms with Crippen molar-refractivity contribution in [2.75, 3.05) is 25.0 Å². The first kappa shape index (κ1) is 26.3. The third kappa shape index (κ3) is 7.28. The summed E-state index contributed by atoms with van der Waals surface area (Å²) in [4.78, 5) is 62.9. The molecule has 10 heteroatoms. The number of carbonyl (C=O) groups excluding carboxylic acids is 5. The molecule has 32 heavy (non-hydrogen) atoms. The summed E-state index contributed by atoms with van der Waals surface area (Å²) in [5, 5.41) is 3.18.